The monoisotopic (exact) mass is 894 g/mol. The fourth-order valence-corrected chi connectivity index (χ4v) is 11.0. The maximum atomic E-state index is 6.71. The number of rotatable bonds is 6. The molecule has 0 aliphatic rings. The Kier molecular flexibility index (Phi) is 8.29. The molecule has 10 aromatic carbocycles. The fraction of sp³-hybridized carbons (Fsp3) is 0. The summed E-state index contributed by atoms with van der Waals surface area (Å²) >= 11 is 0. The van der Waals surface area contributed by atoms with Crippen LogP contribution in [0.3, 0.4) is 0 Å². The molecule has 0 fully saturated rings. The predicted molar refractivity (Wildman–Crippen MR) is 288 cm³/mol. The van der Waals surface area contributed by atoms with E-state index in [1.807, 2.05) is 18.2 Å². The van der Waals surface area contributed by atoms with Gasteiger partial charge in [0, 0.05) is 59.9 Å². The van der Waals surface area contributed by atoms with Gasteiger partial charge in [0.1, 0.15) is 33.5 Å². The Morgan fingerprint density at radius 2 is 0.814 bits per heavy atom. The standard InChI is InChI=1S/C65H38N2O3/c1-3-13-39(14-4-1)54-35-44(42-25-29-49-48-18-8-10-22-58(48)69-62(49)38-42)36-55(66-54)50-20-12-24-61-65(50)53-34-43(28-32-59(53)68-61)46-19-11-23-60-64(46)51-30-26-41(37-63(51)70-60)40-27-31-57-52(33-40)47-17-7-9-21-56(47)67(57)45-15-5-2-6-16-45/h1-38H. The SMILES string of the molecule is c1ccc(-c2cc(-c3ccc4c(c3)oc3ccccc34)cc(-c3cccc4oc5ccc(-c6cccc7oc8cc(-c9ccc%10c(c9)c9ccccc9n%10-c9ccccc9)ccc8c67)cc5c34)n2)cc1. The van der Waals surface area contributed by atoms with Gasteiger partial charge in [0.2, 0.25) is 0 Å². The summed E-state index contributed by atoms with van der Waals surface area (Å²) in [6.45, 7) is 0. The minimum absolute atomic E-state index is 0.809. The first-order chi connectivity index (χ1) is 34.7. The van der Waals surface area contributed by atoms with Crippen molar-refractivity contribution in [2.75, 3.05) is 0 Å². The van der Waals surface area contributed by atoms with E-state index in [9.17, 15) is 0 Å². The van der Waals surface area contributed by atoms with E-state index in [1.165, 1.54) is 21.8 Å². The van der Waals surface area contributed by atoms with Crippen LogP contribution < -0.4 is 0 Å². The first kappa shape index (κ1) is 38.6. The van der Waals surface area contributed by atoms with Crippen LogP contribution >= 0.6 is 0 Å². The van der Waals surface area contributed by atoms with Crippen molar-refractivity contribution in [3.8, 4) is 61.6 Å². The molecule has 0 atom stereocenters. The van der Waals surface area contributed by atoms with E-state index in [4.69, 9.17) is 18.2 Å². The summed E-state index contributed by atoms with van der Waals surface area (Å²) in [5.74, 6) is 0. The van der Waals surface area contributed by atoms with Crippen molar-refractivity contribution >= 4 is 87.6 Å². The summed E-state index contributed by atoms with van der Waals surface area (Å²) in [6, 6.07) is 81.3. The zero-order chi connectivity index (χ0) is 45.9. The molecule has 5 heterocycles. The molecule has 0 aliphatic carbocycles. The summed E-state index contributed by atoms with van der Waals surface area (Å²) in [7, 11) is 0. The van der Waals surface area contributed by atoms with Gasteiger partial charge in [0.25, 0.3) is 0 Å². The summed E-state index contributed by atoms with van der Waals surface area (Å²) in [6.07, 6.45) is 0. The van der Waals surface area contributed by atoms with Gasteiger partial charge in [-0.3, -0.25) is 0 Å². The van der Waals surface area contributed by atoms with Crippen LogP contribution in [0.2, 0.25) is 0 Å². The lowest BCUT2D eigenvalue weighted by molar-refractivity contribution is 0.668. The van der Waals surface area contributed by atoms with Gasteiger partial charge in [-0.1, -0.05) is 133 Å². The van der Waals surface area contributed by atoms with Crippen molar-refractivity contribution < 1.29 is 13.3 Å². The number of hydrogen-bond acceptors (Lipinski definition) is 4. The Hall–Kier alpha value is -9.45. The highest BCUT2D eigenvalue weighted by atomic mass is 16.3. The first-order valence-corrected chi connectivity index (χ1v) is 23.7. The molecule has 0 radical (unpaired) electrons. The number of hydrogen-bond donors (Lipinski definition) is 0. The van der Waals surface area contributed by atoms with E-state index in [2.05, 4.69) is 217 Å². The van der Waals surface area contributed by atoms with E-state index in [0.29, 0.717) is 0 Å². The van der Waals surface area contributed by atoms with E-state index in [-0.39, 0.29) is 0 Å². The van der Waals surface area contributed by atoms with Crippen molar-refractivity contribution in [1.82, 2.24) is 9.55 Å². The van der Waals surface area contributed by atoms with Crippen molar-refractivity contribution in [3.05, 3.63) is 231 Å². The number of para-hydroxylation sites is 3. The highest BCUT2D eigenvalue weighted by Crippen LogP contribution is 2.44. The molecule has 5 nitrogen and oxygen atoms in total. The Morgan fingerprint density at radius 3 is 1.66 bits per heavy atom. The molecule has 0 saturated heterocycles. The molecule has 0 bridgehead atoms. The third kappa shape index (κ3) is 5.95. The van der Waals surface area contributed by atoms with Gasteiger partial charge in [-0.2, -0.15) is 0 Å². The lowest BCUT2D eigenvalue weighted by atomic mass is 9.95. The molecule has 0 saturated carbocycles. The molecular formula is C65H38N2O3. The first-order valence-electron chi connectivity index (χ1n) is 23.7. The van der Waals surface area contributed by atoms with Gasteiger partial charge in [-0.05, 0) is 130 Å². The second kappa shape index (κ2) is 15.0. The normalized spacial score (nSPS) is 12.0. The Bertz CT molecular complexity index is 4590. The molecule has 0 unspecified atom stereocenters. The molecule has 15 rings (SSSR count). The molecule has 0 spiro atoms. The zero-order valence-corrected chi connectivity index (χ0v) is 37.6. The second-order valence-corrected chi connectivity index (χ2v) is 18.2. The number of furan rings is 3. The Labute approximate surface area is 400 Å². The molecule has 326 valence electrons. The maximum Gasteiger partial charge on any atom is 0.136 e. The van der Waals surface area contributed by atoms with Crippen LogP contribution in [0.1, 0.15) is 0 Å². The van der Waals surface area contributed by atoms with Gasteiger partial charge in [-0.25, -0.2) is 4.98 Å². The van der Waals surface area contributed by atoms with Gasteiger partial charge in [-0.15, -0.1) is 0 Å². The van der Waals surface area contributed by atoms with E-state index < -0.39 is 0 Å². The average molecular weight is 895 g/mol. The molecule has 70 heavy (non-hydrogen) atoms. The van der Waals surface area contributed by atoms with Crippen LogP contribution in [0.5, 0.6) is 0 Å². The van der Waals surface area contributed by atoms with Crippen LogP contribution in [0, 0.1) is 0 Å². The van der Waals surface area contributed by atoms with E-state index in [0.717, 1.165) is 127 Å². The third-order valence-electron chi connectivity index (χ3n) is 14.2. The molecular weight excluding hydrogens is 857 g/mol. The molecule has 0 amide bonds. The Balaban J connectivity index is 0.853. The van der Waals surface area contributed by atoms with Crippen molar-refractivity contribution in [1.29, 1.82) is 0 Å². The summed E-state index contributed by atoms with van der Waals surface area (Å²) in [5, 5.41) is 8.86. The summed E-state index contributed by atoms with van der Waals surface area (Å²) < 4.78 is 22.0. The molecule has 15 aromatic rings. The Morgan fingerprint density at radius 1 is 0.271 bits per heavy atom. The lowest BCUT2D eigenvalue weighted by Gasteiger charge is -2.11. The second-order valence-electron chi connectivity index (χ2n) is 18.2. The van der Waals surface area contributed by atoms with Crippen molar-refractivity contribution in [3.63, 3.8) is 0 Å². The molecule has 5 heteroatoms. The molecule has 0 N–H and O–H groups in total. The van der Waals surface area contributed by atoms with Crippen molar-refractivity contribution in [2.45, 2.75) is 0 Å². The average Bonchev–Trinajstić information content (AvgIpc) is 4.19. The molecule has 0 aliphatic heterocycles. The summed E-state index contributed by atoms with van der Waals surface area (Å²) in [5.41, 5.74) is 18.9. The lowest BCUT2D eigenvalue weighted by Crippen LogP contribution is -1.92. The van der Waals surface area contributed by atoms with Crippen LogP contribution in [0.15, 0.2) is 244 Å². The smallest absolute Gasteiger partial charge is 0.136 e. The largest absolute Gasteiger partial charge is 0.456 e. The minimum atomic E-state index is 0.809. The fourth-order valence-electron chi connectivity index (χ4n) is 11.0. The molecule has 5 aromatic heterocycles. The quantitative estimate of drug-likeness (QED) is 0.167. The van der Waals surface area contributed by atoms with Crippen LogP contribution in [-0.2, 0) is 0 Å². The van der Waals surface area contributed by atoms with Crippen LogP contribution in [0.25, 0.3) is 149 Å². The highest BCUT2D eigenvalue weighted by molar-refractivity contribution is 6.17. The van der Waals surface area contributed by atoms with Crippen molar-refractivity contribution in [2.24, 2.45) is 0 Å². The third-order valence-corrected chi connectivity index (χ3v) is 14.2. The van der Waals surface area contributed by atoms with Gasteiger partial charge >= 0.3 is 0 Å². The number of fused-ring (bicyclic) bond motifs is 12. The minimum Gasteiger partial charge on any atom is -0.456 e. The van der Waals surface area contributed by atoms with Gasteiger partial charge < -0.3 is 17.8 Å². The zero-order valence-electron chi connectivity index (χ0n) is 37.6. The van der Waals surface area contributed by atoms with Gasteiger partial charge in [0.05, 0.1) is 22.4 Å². The number of nitrogens with zero attached hydrogens (tertiary/aromatic N) is 2. The maximum absolute atomic E-state index is 6.71. The highest BCUT2D eigenvalue weighted by Gasteiger charge is 2.20. The summed E-state index contributed by atoms with van der Waals surface area (Å²) in [4.78, 5) is 5.37. The number of pyridine rings is 1. The van der Waals surface area contributed by atoms with Gasteiger partial charge in [0.15, 0.2) is 0 Å². The van der Waals surface area contributed by atoms with E-state index >= 15 is 0 Å². The topological polar surface area (TPSA) is 57.2 Å². The van der Waals surface area contributed by atoms with E-state index in [1.54, 1.807) is 0 Å². The predicted octanol–water partition coefficient (Wildman–Crippen LogP) is 18.2. The number of aromatic nitrogens is 2. The van der Waals surface area contributed by atoms with Crippen LogP contribution in [0.4, 0.5) is 0 Å². The number of benzene rings is 10. The van der Waals surface area contributed by atoms with Crippen LogP contribution in [-0.4, -0.2) is 9.55 Å².